The summed E-state index contributed by atoms with van der Waals surface area (Å²) >= 11 is 0. The lowest BCUT2D eigenvalue weighted by Gasteiger charge is -2.17. The van der Waals surface area contributed by atoms with Crippen LogP contribution in [0, 0.1) is 12.3 Å². The SMILES string of the molecule is C#CCOc1cn([C@@H]2O[C@H](CO)[C@@H](O)[C@@H]2O)c(=O)[nH]c1=O. The minimum absolute atomic E-state index is 0.183. The molecule has 9 nitrogen and oxygen atoms in total. The van der Waals surface area contributed by atoms with Gasteiger partial charge in [0.05, 0.1) is 12.8 Å². The van der Waals surface area contributed by atoms with Gasteiger partial charge in [-0.2, -0.15) is 0 Å². The van der Waals surface area contributed by atoms with Gasteiger partial charge in [-0.15, -0.1) is 6.42 Å². The van der Waals surface area contributed by atoms with E-state index in [0.717, 1.165) is 10.8 Å². The number of nitrogens with one attached hydrogen (secondary N) is 1. The zero-order valence-electron chi connectivity index (χ0n) is 10.8. The highest BCUT2D eigenvalue weighted by molar-refractivity contribution is 5.14. The van der Waals surface area contributed by atoms with Gasteiger partial charge in [0.15, 0.2) is 6.23 Å². The van der Waals surface area contributed by atoms with Gasteiger partial charge in [0.2, 0.25) is 5.75 Å². The molecule has 0 aliphatic carbocycles. The number of aromatic nitrogens is 2. The molecule has 0 unspecified atom stereocenters. The third kappa shape index (κ3) is 2.84. The fourth-order valence-corrected chi connectivity index (χ4v) is 1.99. The topological polar surface area (TPSA) is 134 Å². The Bertz CT molecular complexity index is 659. The first-order chi connectivity index (χ1) is 9.99. The highest BCUT2D eigenvalue weighted by atomic mass is 16.6. The summed E-state index contributed by atoms with van der Waals surface area (Å²) in [4.78, 5) is 25.3. The highest BCUT2D eigenvalue weighted by Crippen LogP contribution is 2.28. The lowest BCUT2D eigenvalue weighted by molar-refractivity contribution is -0.0552. The molecule has 0 radical (unpaired) electrons. The molecule has 1 fully saturated rings. The summed E-state index contributed by atoms with van der Waals surface area (Å²) in [5.74, 6) is 1.93. The summed E-state index contributed by atoms with van der Waals surface area (Å²) in [6.07, 6.45) is 0.908. The third-order valence-electron chi connectivity index (χ3n) is 3.04. The molecule has 0 saturated carbocycles. The zero-order chi connectivity index (χ0) is 15.6. The molecule has 9 heteroatoms. The molecule has 2 rings (SSSR count). The van der Waals surface area contributed by atoms with Crippen molar-refractivity contribution in [1.29, 1.82) is 0 Å². The van der Waals surface area contributed by atoms with E-state index in [4.69, 9.17) is 21.0 Å². The lowest BCUT2D eigenvalue weighted by Crippen LogP contribution is -2.38. The van der Waals surface area contributed by atoms with Gasteiger partial charge in [-0.05, 0) is 0 Å². The van der Waals surface area contributed by atoms with E-state index in [2.05, 4.69) is 5.92 Å². The molecular weight excluding hydrogens is 284 g/mol. The van der Waals surface area contributed by atoms with Gasteiger partial charge < -0.3 is 24.8 Å². The van der Waals surface area contributed by atoms with Gasteiger partial charge >= 0.3 is 5.69 Å². The first kappa shape index (κ1) is 15.3. The molecule has 4 atom stereocenters. The zero-order valence-corrected chi connectivity index (χ0v) is 10.8. The van der Waals surface area contributed by atoms with Crippen molar-refractivity contribution in [2.75, 3.05) is 13.2 Å². The van der Waals surface area contributed by atoms with Crippen LogP contribution in [0.3, 0.4) is 0 Å². The Hall–Kier alpha value is -2.12. The maximum Gasteiger partial charge on any atom is 0.330 e. The highest BCUT2D eigenvalue weighted by Gasteiger charge is 2.43. The minimum Gasteiger partial charge on any atom is -0.474 e. The fraction of sp³-hybridized carbons (Fsp3) is 0.500. The predicted molar refractivity (Wildman–Crippen MR) is 68.7 cm³/mol. The molecule has 114 valence electrons. The van der Waals surface area contributed by atoms with Crippen LogP contribution in [0.5, 0.6) is 5.75 Å². The first-order valence-electron chi connectivity index (χ1n) is 6.03. The van der Waals surface area contributed by atoms with Crippen LogP contribution in [0.4, 0.5) is 0 Å². The summed E-state index contributed by atoms with van der Waals surface area (Å²) < 4.78 is 11.0. The number of aliphatic hydroxyl groups is 3. The van der Waals surface area contributed by atoms with Gasteiger partial charge in [-0.25, -0.2) is 4.79 Å². The summed E-state index contributed by atoms with van der Waals surface area (Å²) in [7, 11) is 0. The molecule has 0 bridgehead atoms. The Morgan fingerprint density at radius 1 is 1.43 bits per heavy atom. The molecule has 1 aromatic heterocycles. The average Bonchev–Trinajstić information content (AvgIpc) is 2.74. The Kier molecular flexibility index (Phi) is 4.44. The maximum absolute atomic E-state index is 11.8. The Balaban J connectivity index is 2.38. The molecule has 21 heavy (non-hydrogen) atoms. The number of aliphatic hydroxyl groups excluding tert-OH is 3. The molecule has 0 amide bonds. The molecule has 1 aromatic rings. The van der Waals surface area contributed by atoms with Crippen LogP contribution in [-0.2, 0) is 4.74 Å². The number of rotatable bonds is 4. The lowest BCUT2D eigenvalue weighted by atomic mass is 10.1. The van der Waals surface area contributed by atoms with E-state index in [9.17, 15) is 19.8 Å². The molecule has 2 heterocycles. The van der Waals surface area contributed by atoms with Crippen molar-refractivity contribution in [3.63, 3.8) is 0 Å². The van der Waals surface area contributed by atoms with Gasteiger partial charge in [0.25, 0.3) is 5.56 Å². The number of H-pyrrole nitrogens is 1. The molecule has 0 spiro atoms. The van der Waals surface area contributed by atoms with Crippen LogP contribution in [-0.4, -0.2) is 56.4 Å². The Labute approximate surface area is 118 Å². The number of nitrogens with zero attached hydrogens (tertiary/aromatic N) is 1. The Morgan fingerprint density at radius 2 is 2.14 bits per heavy atom. The van der Waals surface area contributed by atoms with Crippen molar-refractivity contribution < 1.29 is 24.8 Å². The fourth-order valence-electron chi connectivity index (χ4n) is 1.99. The largest absolute Gasteiger partial charge is 0.474 e. The number of hydrogen-bond acceptors (Lipinski definition) is 7. The van der Waals surface area contributed by atoms with Crippen molar-refractivity contribution in [3.8, 4) is 18.1 Å². The Morgan fingerprint density at radius 3 is 2.71 bits per heavy atom. The smallest absolute Gasteiger partial charge is 0.330 e. The summed E-state index contributed by atoms with van der Waals surface area (Å²) in [5, 5.41) is 28.5. The summed E-state index contributed by atoms with van der Waals surface area (Å²) in [5.41, 5.74) is -1.64. The standard InChI is InChI=1S/C12H14N2O7/c1-2-3-20-6-4-14(12(19)13-10(6)18)11-9(17)8(16)7(5-15)21-11/h1,4,7-9,11,15-17H,3,5H2,(H,13,18,19)/t7-,8-,9+,11-/m1/s1. The normalized spacial score (nSPS) is 28.3. The molecule has 4 N–H and O–H groups in total. The predicted octanol–water partition coefficient (Wildman–Crippen LogP) is -2.84. The van der Waals surface area contributed by atoms with Crippen LogP contribution < -0.4 is 16.0 Å². The molecule has 1 aliphatic heterocycles. The van der Waals surface area contributed by atoms with Crippen molar-refractivity contribution in [3.05, 3.63) is 27.0 Å². The van der Waals surface area contributed by atoms with Crippen LogP contribution >= 0.6 is 0 Å². The van der Waals surface area contributed by atoms with Gasteiger partial charge in [0, 0.05) is 0 Å². The quantitative estimate of drug-likeness (QED) is 0.440. The maximum atomic E-state index is 11.8. The van der Waals surface area contributed by atoms with E-state index in [1.165, 1.54) is 0 Å². The van der Waals surface area contributed by atoms with Crippen molar-refractivity contribution in [2.24, 2.45) is 0 Å². The van der Waals surface area contributed by atoms with Crippen molar-refractivity contribution in [1.82, 2.24) is 9.55 Å². The molecular formula is C12H14N2O7. The van der Waals surface area contributed by atoms with Crippen LogP contribution in [0.2, 0.25) is 0 Å². The summed E-state index contributed by atoms with van der Waals surface area (Å²) in [6.45, 7) is -0.718. The van der Waals surface area contributed by atoms with Crippen molar-refractivity contribution >= 4 is 0 Å². The van der Waals surface area contributed by atoms with Crippen LogP contribution in [0.15, 0.2) is 15.8 Å². The molecule has 1 saturated heterocycles. The van der Waals surface area contributed by atoms with Crippen LogP contribution in [0.1, 0.15) is 6.23 Å². The average molecular weight is 298 g/mol. The second-order valence-electron chi connectivity index (χ2n) is 4.38. The molecule has 1 aliphatic rings. The van der Waals surface area contributed by atoms with Crippen LogP contribution in [0.25, 0.3) is 0 Å². The van der Waals surface area contributed by atoms with E-state index in [-0.39, 0.29) is 12.4 Å². The number of hydrogen-bond donors (Lipinski definition) is 4. The number of ether oxygens (including phenoxy) is 2. The van der Waals surface area contributed by atoms with Gasteiger partial charge in [0.1, 0.15) is 24.9 Å². The van der Waals surface area contributed by atoms with E-state index in [1.54, 1.807) is 0 Å². The minimum atomic E-state index is -1.45. The number of terminal acetylenes is 1. The molecule has 0 aromatic carbocycles. The van der Waals surface area contributed by atoms with E-state index < -0.39 is 42.4 Å². The van der Waals surface area contributed by atoms with Crippen molar-refractivity contribution in [2.45, 2.75) is 24.5 Å². The summed E-state index contributed by atoms with van der Waals surface area (Å²) in [6, 6.07) is 0. The third-order valence-corrected chi connectivity index (χ3v) is 3.04. The van der Waals surface area contributed by atoms with Gasteiger partial charge in [-0.3, -0.25) is 14.3 Å². The second kappa shape index (κ2) is 6.11. The van der Waals surface area contributed by atoms with Gasteiger partial charge in [-0.1, -0.05) is 5.92 Å². The van der Waals surface area contributed by atoms with E-state index in [0.29, 0.717) is 0 Å². The number of aromatic amines is 1. The van der Waals surface area contributed by atoms with E-state index >= 15 is 0 Å². The van der Waals surface area contributed by atoms with E-state index in [1.807, 2.05) is 4.98 Å². The first-order valence-corrected chi connectivity index (χ1v) is 6.03. The second-order valence-corrected chi connectivity index (χ2v) is 4.38. The monoisotopic (exact) mass is 298 g/mol.